The lowest BCUT2D eigenvalue weighted by Crippen LogP contribution is -2.31. The molecule has 0 fully saturated rings. The van der Waals surface area contributed by atoms with Crippen molar-refractivity contribution in [1.29, 1.82) is 0 Å². The van der Waals surface area contributed by atoms with Gasteiger partial charge in [-0.15, -0.1) is 0 Å². The van der Waals surface area contributed by atoms with Gasteiger partial charge in [0.05, 0.1) is 13.1 Å². The van der Waals surface area contributed by atoms with Crippen LogP contribution in [0.3, 0.4) is 0 Å². The number of alkyl halides is 2. The van der Waals surface area contributed by atoms with Crippen molar-refractivity contribution < 1.29 is 21.6 Å². The molecule has 0 aliphatic heterocycles. The largest absolute Gasteiger partial charge is 0.464 e. The highest BCUT2D eigenvalue weighted by Crippen LogP contribution is 2.23. The van der Waals surface area contributed by atoms with Gasteiger partial charge in [0.2, 0.25) is 10.0 Å². The van der Waals surface area contributed by atoms with E-state index >= 15 is 0 Å². The lowest BCUT2D eigenvalue weighted by molar-refractivity contribution is 0.126. The van der Waals surface area contributed by atoms with Crippen molar-refractivity contribution in [3.63, 3.8) is 0 Å². The Morgan fingerprint density at radius 3 is 2.63 bits per heavy atom. The molecule has 0 spiro atoms. The van der Waals surface area contributed by atoms with Gasteiger partial charge in [0, 0.05) is 13.1 Å². The topological polar surface area (TPSA) is 62.6 Å². The first-order valence-electron chi connectivity index (χ1n) is 5.83. The Labute approximate surface area is 111 Å². The number of hydrogen-bond donors (Lipinski definition) is 1. The van der Waals surface area contributed by atoms with E-state index in [4.69, 9.17) is 4.42 Å². The van der Waals surface area contributed by atoms with Crippen molar-refractivity contribution in [1.82, 2.24) is 9.62 Å². The standard InChI is InChI=1S/C11H18F2N2O3S/c1-4-14-6-9-5-10(8(2)18-9)19(16,17)15(3)7-11(12)13/h5,11,14H,4,6-7H2,1-3H3. The molecule has 1 aromatic rings. The van der Waals surface area contributed by atoms with Crippen LogP contribution in [0.4, 0.5) is 8.78 Å². The Kier molecular flexibility index (Phi) is 5.45. The fourth-order valence-corrected chi connectivity index (χ4v) is 2.91. The summed E-state index contributed by atoms with van der Waals surface area (Å²) in [5.41, 5.74) is 0. The van der Waals surface area contributed by atoms with E-state index in [0.717, 1.165) is 7.05 Å². The van der Waals surface area contributed by atoms with Gasteiger partial charge in [0.1, 0.15) is 16.4 Å². The van der Waals surface area contributed by atoms with Crippen LogP contribution in [0.25, 0.3) is 0 Å². The number of nitrogens with zero attached hydrogens (tertiary/aromatic N) is 1. The number of rotatable bonds is 7. The number of halogens is 2. The predicted octanol–water partition coefficient (Wildman–Crippen LogP) is 1.58. The van der Waals surface area contributed by atoms with Gasteiger partial charge < -0.3 is 9.73 Å². The maximum Gasteiger partial charge on any atom is 0.252 e. The minimum Gasteiger partial charge on any atom is -0.464 e. The van der Waals surface area contributed by atoms with E-state index < -0.39 is 23.0 Å². The van der Waals surface area contributed by atoms with Crippen molar-refractivity contribution in [2.75, 3.05) is 20.1 Å². The predicted molar refractivity (Wildman–Crippen MR) is 66.6 cm³/mol. The Bertz CT molecular complexity index is 514. The Balaban J connectivity index is 2.98. The summed E-state index contributed by atoms with van der Waals surface area (Å²) in [7, 11) is -2.81. The Morgan fingerprint density at radius 1 is 1.47 bits per heavy atom. The third-order valence-electron chi connectivity index (χ3n) is 2.56. The molecule has 0 aliphatic carbocycles. The molecule has 0 unspecified atom stereocenters. The van der Waals surface area contributed by atoms with Crippen molar-refractivity contribution >= 4 is 10.0 Å². The van der Waals surface area contributed by atoms with Gasteiger partial charge in [-0.05, 0) is 13.5 Å². The van der Waals surface area contributed by atoms with Crippen LogP contribution in [0.5, 0.6) is 0 Å². The van der Waals surface area contributed by atoms with Crippen molar-refractivity contribution in [2.24, 2.45) is 0 Å². The molecular weight excluding hydrogens is 278 g/mol. The molecular formula is C11H18F2N2O3S. The first-order chi connectivity index (χ1) is 8.78. The first-order valence-corrected chi connectivity index (χ1v) is 7.27. The maximum atomic E-state index is 12.3. The highest BCUT2D eigenvalue weighted by Gasteiger charge is 2.27. The van der Waals surface area contributed by atoms with Gasteiger partial charge in [-0.25, -0.2) is 17.2 Å². The van der Waals surface area contributed by atoms with Crippen LogP contribution in [0.1, 0.15) is 18.4 Å². The molecule has 1 rings (SSSR count). The minimum absolute atomic E-state index is 0.0662. The summed E-state index contributed by atoms with van der Waals surface area (Å²) in [6.45, 7) is 3.68. The number of hydrogen-bond acceptors (Lipinski definition) is 4. The zero-order valence-electron chi connectivity index (χ0n) is 11.1. The van der Waals surface area contributed by atoms with Crippen LogP contribution in [-0.2, 0) is 16.6 Å². The average Bonchev–Trinajstić information content (AvgIpc) is 2.67. The van der Waals surface area contributed by atoms with E-state index in [2.05, 4.69) is 5.32 Å². The Hall–Kier alpha value is -0.990. The molecule has 0 atom stereocenters. The summed E-state index contributed by atoms with van der Waals surface area (Å²) >= 11 is 0. The van der Waals surface area contributed by atoms with Gasteiger partial charge in [-0.2, -0.15) is 4.31 Å². The van der Waals surface area contributed by atoms with Crippen LogP contribution in [0, 0.1) is 6.92 Å². The second-order valence-electron chi connectivity index (χ2n) is 4.09. The van der Waals surface area contributed by atoms with Gasteiger partial charge in [-0.3, -0.25) is 0 Å². The van der Waals surface area contributed by atoms with E-state index in [9.17, 15) is 17.2 Å². The molecule has 0 aliphatic rings. The molecule has 1 N–H and O–H groups in total. The van der Waals surface area contributed by atoms with Crippen molar-refractivity contribution in [3.8, 4) is 0 Å². The fraction of sp³-hybridized carbons (Fsp3) is 0.636. The number of aryl methyl sites for hydroxylation is 1. The molecule has 0 radical (unpaired) electrons. The van der Waals surface area contributed by atoms with E-state index in [0.29, 0.717) is 23.2 Å². The smallest absolute Gasteiger partial charge is 0.252 e. The highest BCUT2D eigenvalue weighted by molar-refractivity contribution is 7.89. The molecule has 8 heteroatoms. The van der Waals surface area contributed by atoms with Crippen LogP contribution in [-0.4, -0.2) is 39.3 Å². The fourth-order valence-electron chi connectivity index (χ4n) is 1.58. The number of furan rings is 1. The molecule has 1 heterocycles. The molecule has 0 bridgehead atoms. The van der Waals surface area contributed by atoms with Gasteiger partial charge in [0.15, 0.2) is 0 Å². The minimum atomic E-state index is -3.94. The van der Waals surface area contributed by atoms with Crippen LogP contribution in [0.15, 0.2) is 15.4 Å². The molecule has 0 aromatic carbocycles. The van der Waals surface area contributed by atoms with E-state index in [1.807, 2.05) is 6.92 Å². The van der Waals surface area contributed by atoms with Crippen LogP contribution in [0.2, 0.25) is 0 Å². The second-order valence-corrected chi connectivity index (χ2v) is 6.10. The van der Waals surface area contributed by atoms with E-state index in [-0.39, 0.29) is 10.7 Å². The third kappa shape index (κ3) is 3.99. The molecule has 5 nitrogen and oxygen atoms in total. The molecule has 0 saturated heterocycles. The SMILES string of the molecule is CCNCc1cc(S(=O)(=O)N(C)CC(F)F)c(C)o1. The lowest BCUT2D eigenvalue weighted by atomic mass is 10.4. The summed E-state index contributed by atoms with van der Waals surface area (Å²) in [6.07, 6.45) is -2.71. The molecule has 1 aromatic heterocycles. The molecule has 0 amide bonds. The van der Waals surface area contributed by atoms with E-state index in [1.165, 1.54) is 13.0 Å². The zero-order chi connectivity index (χ0) is 14.6. The lowest BCUT2D eigenvalue weighted by Gasteiger charge is -2.15. The highest BCUT2D eigenvalue weighted by atomic mass is 32.2. The summed E-state index contributed by atoms with van der Waals surface area (Å²) in [5.74, 6) is 0.664. The van der Waals surface area contributed by atoms with E-state index in [1.54, 1.807) is 0 Å². The monoisotopic (exact) mass is 296 g/mol. The normalized spacial score (nSPS) is 12.6. The summed E-state index contributed by atoms with van der Waals surface area (Å²) in [4.78, 5) is -0.0662. The molecule has 0 saturated carbocycles. The van der Waals surface area contributed by atoms with Crippen LogP contribution >= 0.6 is 0 Å². The Morgan fingerprint density at radius 2 is 2.11 bits per heavy atom. The van der Waals surface area contributed by atoms with Gasteiger partial charge >= 0.3 is 0 Å². The molecule has 110 valence electrons. The summed E-state index contributed by atoms with van der Waals surface area (Å²) in [5, 5.41) is 3.00. The molecule has 19 heavy (non-hydrogen) atoms. The van der Waals surface area contributed by atoms with Crippen molar-refractivity contribution in [2.45, 2.75) is 31.7 Å². The van der Waals surface area contributed by atoms with Crippen LogP contribution < -0.4 is 5.32 Å². The number of sulfonamides is 1. The zero-order valence-corrected chi connectivity index (χ0v) is 11.9. The quantitative estimate of drug-likeness (QED) is 0.830. The summed E-state index contributed by atoms with van der Waals surface area (Å²) < 4.78 is 54.6. The van der Waals surface area contributed by atoms with Gasteiger partial charge in [0.25, 0.3) is 6.43 Å². The third-order valence-corrected chi connectivity index (χ3v) is 4.49. The average molecular weight is 296 g/mol. The second kappa shape index (κ2) is 6.44. The summed E-state index contributed by atoms with van der Waals surface area (Å²) in [6, 6.07) is 1.37. The first kappa shape index (κ1) is 16.1. The maximum absolute atomic E-state index is 12.3. The number of nitrogens with one attached hydrogen (secondary N) is 1. The van der Waals surface area contributed by atoms with Crippen molar-refractivity contribution in [3.05, 3.63) is 17.6 Å². The van der Waals surface area contributed by atoms with Gasteiger partial charge in [-0.1, -0.05) is 6.92 Å².